The van der Waals surface area contributed by atoms with Crippen LogP contribution in [0.3, 0.4) is 0 Å². The van der Waals surface area contributed by atoms with Gasteiger partial charge in [0.15, 0.2) is 0 Å². The minimum atomic E-state index is -1.07. The number of amides is 1. The third-order valence-electron chi connectivity index (χ3n) is 2.34. The number of carbonyl (C=O) groups excluding carboxylic acids is 1. The van der Waals surface area contributed by atoms with Gasteiger partial charge < -0.3 is 15.2 Å². The summed E-state index contributed by atoms with van der Waals surface area (Å²) in [6.07, 6.45) is 0.984. The molecule has 88 valence electrons. The van der Waals surface area contributed by atoms with Gasteiger partial charge in [-0.15, -0.1) is 0 Å². The molecule has 0 fully saturated rings. The lowest BCUT2D eigenvalue weighted by atomic mass is 10.0. The van der Waals surface area contributed by atoms with Crippen LogP contribution in [0.25, 0.3) is 0 Å². The second-order valence-electron chi connectivity index (χ2n) is 3.63. The van der Waals surface area contributed by atoms with Crippen molar-refractivity contribution in [1.82, 2.24) is 5.32 Å². The van der Waals surface area contributed by atoms with E-state index >= 15 is 0 Å². The predicted octanol–water partition coefficient (Wildman–Crippen LogP) is 0.638. The number of ether oxygens (including phenoxy) is 1. The minimum Gasteiger partial charge on any atom is -0.480 e. The monoisotopic (exact) mass is 217 g/mol. The highest BCUT2D eigenvalue weighted by Crippen LogP contribution is 2.05. The van der Waals surface area contributed by atoms with Gasteiger partial charge in [0.2, 0.25) is 5.91 Å². The lowest BCUT2D eigenvalue weighted by molar-refractivity contribution is -0.143. The number of aliphatic carboxylic acids is 1. The Labute approximate surface area is 89.8 Å². The van der Waals surface area contributed by atoms with Gasteiger partial charge in [-0.3, -0.25) is 4.79 Å². The van der Waals surface area contributed by atoms with Crippen molar-refractivity contribution < 1.29 is 19.4 Å². The van der Waals surface area contributed by atoms with Gasteiger partial charge in [0, 0.05) is 6.04 Å². The van der Waals surface area contributed by atoms with E-state index in [9.17, 15) is 9.59 Å². The van der Waals surface area contributed by atoms with Crippen molar-refractivity contribution in [3.05, 3.63) is 0 Å². The fourth-order valence-electron chi connectivity index (χ4n) is 1.02. The van der Waals surface area contributed by atoms with Crippen molar-refractivity contribution in [3.63, 3.8) is 0 Å². The third-order valence-corrected chi connectivity index (χ3v) is 2.34. The maximum Gasteiger partial charge on any atom is 0.329 e. The van der Waals surface area contributed by atoms with E-state index < -0.39 is 12.6 Å². The highest BCUT2D eigenvalue weighted by Gasteiger charge is 2.13. The summed E-state index contributed by atoms with van der Waals surface area (Å²) in [5.41, 5.74) is 0. The SMILES string of the molecule is CCC(C)C(C)NC(=O)COCC(=O)O. The molecule has 5 nitrogen and oxygen atoms in total. The molecule has 0 rings (SSSR count). The Morgan fingerprint density at radius 3 is 2.40 bits per heavy atom. The van der Waals surface area contributed by atoms with E-state index in [0.29, 0.717) is 5.92 Å². The van der Waals surface area contributed by atoms with Gasteiger partial charge in [-0.25, -0.2) is 4.79 Å². The molecular formula is C10H19NO4. The largest absolute Gasteiger partial charge is 0.480 e. The second-order valence-corrected chi connectivity index (χ2v) is 3.63. The number of hydrogen-bond donors (Lipinski definition) is 2. The molecule has 0 aliphatic carbocycles. The topological polar surface area (TPSA) is 75.6 Å². The number of hydrogen-bond acceptors (Lipinski definition) is 3. The van der Waals surface area contributed by atoms with Gasteiger partial charge in [0.05, 0.1) is 0 Å². The van der Waals surface area contributed by atoms with Gasteiger partial charge >= 0.3 is 5.97 Å². The van der Waals surface area contributed by atoms with Crippen LogP contribution >= 0.6 is 0 Å². The predicted molar refractivity (Wildman–Crippen MR) is 55.5 cm³/mol. The lowest BCUT2D eigenvalue weighted by Crippen LogP contribution is -2.39. The van der Waals surface area contributed by atoms with E-state index in [1.54, 1.807) is 0 Å². The van der Waals surface area contributed by atoms with E-state index in [0.717, 1.165) is 6.42 Å². The minimum absolute atomic E-state index is 0.0796. The van der Waals surface area contributed by atoms with Crippen molar-refractivity contribution in [3.8, 4) is 0 Å². The zero-order valence-corrected chi connectivity index (χ0v) is 9.45. The van der Waals surface area contributed by atoms with Crippen LogP contribution in [0.1, 0.15) is 27.2 Å². The van der Waals surface area contributed by atoms with Gasteiger partial charge in [-0.05, 0) is 12.8 Å². The summed E-state index contributed by atoms with van der Waals surface area (Å²) in [5.74, 6) is -0.949. The van der Waals surface area contributed by atoms with Crippen LogP contribution in [-0.4, -0.2) is 36.2 Å². The number of carboxylic acid groups (broad SMARTS) is 1. The van der Waals surface area contributed by atoms with E-state index in [4.69, 9.17) is 5.11 Å². The van der Waals surface area contributed by atoms with E-state index in [-0.39, 0.29) is 18.6 Å². The summed E-state index contributed by atoms with van der Waals surface area (Å²) < 4.78 is 4.66. The molecule has 0 radical (unpaired) electrons. The zero-order chi connectivity index (χ0) is 11.8. The molecular weight excluding hydrogens is 198 g/mol. The van der Waals surface area contributed by atoms with Gasteiger partial charge in [-0.2, -0.15) is 0 Å². The van der Waals surface area contributed by atoms with Gasteiger partial charge in [0.1, 0.15) is 13.2 Å². The Balaban J connectivity index is 3.69. The maximum atomic E-state index is 11.2. The quantitative estimate of drug-likeness (QED) is 0.656. The average molecular weight is 217 g/mol. The first-order valence-corrected chi connectivity index (χ1v) is 5.06. The molecule has 2 unspecified atom stereocenters. The Morgan fingerprint density at radius 1 is 1.33 bits per heavy atom. The molecule has 2 atom stereocenters. The summed E-state index contributed by atoms with van der Waals surface area (Å²) in [6, 6.07) is 0.0796. The number of carboxylic acids is 1. The zero-order valence-electron chi connectivity index (χ0n) is 9.45. The van der Waals surface area contributed by atoms with E-state index in [1.165, 1.54) is 0 Å². The second kappa shape index (κ2) is 7.23. The highest BCUT2D eigenvalue weighted by atomic mass is 16.5. The van der Waals surface area contributed by atoms with Crippen LogP contribution in [0, 0.1) is 5.92 Å². The Bertz CT molecular complexity index is 217. The number of nitrogens with one attached hydrogen (secondary N) is 1. The maximum absolute atomic E-state index is 11.2. The molecule has 0 spiro atoms. The third kappa shape index (κ3) is 6.90. The normalized spacial score (nSPS) is 14.3. The molecule has 0 bridgehead atoms. The molecule has 0 saturated carbocycles. The molecule has 0 aliphatic rings. The Morgan fingerprint density at radius 2 is 1.93 bits per heavy atom. The van der Waals surface area contributed by atoms with Crippen molar-refractivity contribution in [2.75, 3.05) is 13.2 Å². The van der Waals surface area contributed by atoms with Crippen molar-refractivity contribution in [1.29, 1.82) is 0 Å². The lowest BCUT2D eigenvalue weighted by Gasteiger charge is -2.19. The first kappa shape index (κ1) is 13.9. The van der Waals surface area contributed by atoms with Crippen LogP contribution in [0.5, 0.6) is 0 Å². The molecule has 2 N–H and O–H groups in total. The fraction of sp³-hybridized carbons (Fsp3) is 0.800. The Kier molecular flexibility index (Phi) is 6.70. The summed E-state index contributed by atoms with van der Waals surface area (Å²) in [4.78, 5) is 21.3. The van der Waals surface area contributed by atoms with Crippen molar-refractivity contribution >= 4 is 11.9 Å². The van der Waals surface area contributed by atoms with Crippen LogP contribution in [0.15, 0.2) is 0 Å². The average Bonchev–Trinajstić information content (AvgIpc) is 2.15. The summed E-state index contributed by atoms with van der Waals surface area (Å²) in [5, 5.41) is 11.0. The first-order valence-electron chi connectivity index (χ1n) is 5.06. The number of carbonyl (C=O) groups is 2. The summed E-state index contributed by atoms with van der Waals surface area (Å²) >= 11 is 0. The summed E-state index contributed by atoms with van der Waals surface area (Å²) in [6.45, 7) is 5.37. The number of rotatable bonds is 7. The highest BCUT2D eigenvalue weighted by molar-refractivity contribution is 5.78. The standard InChI is InChI=1S/C10H19NO4/c1-4-7(2)8(3)11-9(12)5-15-6-10(13)14/h7-8H,4-6H2,1-3H3,(H,11,12)(H,13,14). The molecule has 5 heteroatoms. The molecule has 0 aromatic rings. The van der Waals surface area contributed by atoms with Crippen LogP contribution < -0.4 is 5.32 Å². The molecule has 0 heterocycles. The molecule has 0 aliphatic heterocycles. The van der Waals surface area contributed by atoms with Gasteiger partial charge in [-0.1, -0.05) is 20.3 Å². The molecule has 1 amide bonds. The van der Waals surface area contributed by atoms with Crippen molar-refractivity contribution in [2.45, 2.75) is 33.2 Å². The van der Waals surface area contributed by atoms with Crippen LogP contribution in [0.2, 0.25) is 0 Å². The van der Waals surface area contributed by atoms with E-state index in [1.807, 2.05) is 20.8 Å². The first-order chi connectivity index (χ1) is 6.97. The van der Waals surface area contributed by atoms with Gasteiger partial charge in [0.25, 0.3) is 0 Å². The fourth-order valence-corrected chi connectivity index (χ4v) is 1.02. The smallest absolute Gasteiger partial charge is 0.329 e. The molecule has 0 aromatic carbocycles. The molecule has 0 aromatic heterocycles. The Hall–Kier alpha value is -1.10. The molecule has 15 heavy (non-hydrogen) atoms. The van der Waals surface area contributed by atoms with Crippen LogP contribution in [-0.2, 0) is 14.3 Å². The molecule has 0 saturated heterocycles. The van der Waals surface area contributed by atoms with Crippen LogP contribution in [0.4, 0.5) is 0 Å². The van der Waals surface area contributed by atoms with E-state index in [2.05, 4.69) is 10.1 Å². The summed E-state index contributed by atoms with van der Waals surface area (Å²) in [7, 11) is 0. The van der Waals surface area contributed by atoms with Crippen molar-refractivity contribution in [2.24, 2.45) is 5.92 Å².